The van der Waals surface area contributed by atoms with Crippen molar-refractivity contribution >= 4 is 0 Å². The van der Waals surface area contributed by atoms with Crippen LogP contribution in [0, 0.1) is 22.7 Å². The normalized spacial score (nSPS) is 37.4. The Kier molecular flexibility index (Phi) is 3.78. The van der Waals surface area contributed by atoms with Crippen molar-refractivity contribution in [3.63, 3.8) is 0 Å². The Morgan fingerprint density at radius 2 is 1.88 bits per heavy atom. The molecule has 2 aliphatic carbocycles. The van der Waals surface area contributed by atoms with Crippen LogP contribution < -0.4 is 0 Å². The highest BCUT2D eigenvalue weighted by molar-refractivity contribution is 5.14. The van der Waals surface area contributed by atoms with Crippen molar-refractivity contribution in [3.05, 3.63) is 0 Å². The zero-order chi connectivity index (χ0) is 12.4. The number of nitrogens with zero attached hydrogens (tertiary/aromatic N) is 1. The average molecular weight is 235 g/mol. The third kappa shape index (κ3) is 2.22. The van der Waals surface area contributed by atoms with E-state index in [1.54, 1.807) is 0 Å². The van der Waals surface area contributed by atoms with Crippen LogP contribution in [0.1, 0.15) is 71.1 Å². The summed E-state index contributed by atoms with van der Waals surface area (Å²) in [5.41, 5.74) is -1.12. The van der Waals surface area contributed by atoms with Crippen LogP contribution in [0.4, 0.5) is 0 Å². The van der Waals surface area contributed by atoms with Gasteiger partial charge in [0, 0.05) is 0 Å². The monoisotopic (exact) mass is 235 g/mol. The zero-order valence-electron chi connectivity index (χ0n) is 11.0. The summed E-state index contributed by atoms with van der Waals surface area (Å²) in [7, 11) is 0. The van der Waals surface area contributed by atoms with E-state index in [4.69, 9.17) is 0 Å². The summed E-state index contributed by atoms with van der Waals surface area (Å²) in [6.45, 7) is 2.21. The fourth-order valence-corrected chi connectivity index (χ4v) is 3.98. The molecule has 2 heteroatoms. The van der Waals surface area contributed by atoms with Crippen LogP contribution in [0.25, 0.3) is 0 Å². The van der Waals surface area contributed by atoms with Crippen LogP contribution in [0.2, 0.25) is 0 Å². The Balaban J connectivity index is 2.20. The Hall–Kier alpha value is -0.550. The molecular formula is C15H25NO. The molecule has 0 heterocycles. The first-order valence-electron chi connectivity index (χ1n) is 7.29. The van der Waals surface area contributed by atoms with E-state index in [1.165, 1.54) is 12.8 Å². The second kappa shape index (κ2) is 4.98. The SMILES string of the molecule is CCC1CCCC(C#N)(C2(O)CCCCC2)C1. The molecule has 2 unspecified atom stereocenters. The highest BCUT2D eigenvalue weighted by Gasteiger charge is 2.52. The number of aliphatic hydroxyl groups is 1. The summed E-state index contributed by atoms with van der Waals surface area (Å²) in [6, 6.07) is 2.54. The molecule has 2 rings (SSSR count). The molecule has 0 saturated heterocycles. The second-order valence-corrected chi connectivity index (χ2v) is 6.16. The molecule has 2 fully saturated rings. The van der Waals surface area contributed by atoms with Gasteiger partial charge in [0.2, 0.25) is 0 Å². The number of hydrogen-bond donors (Lipinski definition) is 1. The summed E-state index contributed by atoms with van der Waals surface area (Å²) < 4.78 is 0. The molecule has 2 saturated carbocycles. The number of nitriles is 1. The van der Waals surface area contributed by atoms with Crippen molar-refractivity contribution in [2.75, 3.05) is 0 Å². The topological polar surface area (TPSA) is 44.0 Å². The molecule has 0 aromatic heterocycles. The maximum atomic E-state index is 10.9. The van der Waals surface area contributed by atoms with Gasteiger partial charge in [-0.3, -0.25) is 0 Å². The predicted octanol–water partition coefficient (Wildman–Crippen LogP) is 3.79. The fraction of sp³-hybridized carbons (Fsp3) is 0.933. The van der Waals surface area contributed by atoms with Crippen molar-refractivity contribution in [1.29, 1.82) is 5.26 Å². The van der Waals surface area contributed by atoms with Crippen LogP contribution in [-0.2, 0) is 0 Å². The van der Waals surface area contributed by atoms with Gasteiger partial charge in [0.1, 0.15) is 0 Å². The van der Waals surface area contributed by atoms with E-state index in [9.17, 15) is 10.4 Å². The summed E-state index contributed by atoms with van der Waals surface area (Å²) in [5, 5.41) is 20.6. The summed E-state index contributed by atoms with van der Waals surface area (Å²) >= 11 is 0. The Labute approximate surface area is 105 Å². The molecule has 17 heavy (non-hydrogen) atoms. The quantitative estimate of drug-likeness (QED) is 0.791. The largest absolute Gasteiger partial charge is 0.388 e. The minimum absolute atomic E-state index is 0.438. The predicted molar refractivity (Wildman–Crippen MR) is 68.3 cm³/mol. The minimum atomic E-state index is -0.687. The van der Waals surface area contributed by atoms with Crippen LogP contribution in [0.5, 0.6) is 0 Å². The van der Waals surface area contributed by atoms with Crippen molar-refractivity contribution in [3.8, 4) is 6.07 Å². The van der Waals surface area contributed by atoms with Crippen LogP contribution in [-0.4, -0.2) is 10.7 Å². The maximum Gasteiger partial charge on any atom is 0.0862 e. The van der Waals surface area contributed by atoms with Crippen molar-refractivity contribution in [1.82, 2.24) is 0 Å². The van der Waals surface area contributed by atoms with Gasteiger partial charge < -0.3 is 5.11 Å². The molecule has 1 N–H and O–H groups in total. The number of rotatable bonds is 2. The molecule has 2 nitrogen and oxygen atoms in total. The van der Waals surface area contributed by atoms with Gasteiger partial charge in [-0.25, -0.2) is 0 Å². The molecule has 0 amide bonds. The molecule has 0 aromatic carbocycles. The lowest BCUT2D eigenvalue weighted by atomic mass is 9.57. The maximum absolute atomic E-state index is 10.9. The van der Waals surface area contributed by atoms with Crippen LogP contribution in [0.3, 0.4) is 0 Å². The van der Waals surface area contributed by atoms with Gasteiger partial charge in [-0.2, -0.15) is 5.26 Å². The third-order valence-electron chi connectivity index (χ3n) is 5.22. The van der Waals surface area contributed by atoms with E-state index in [2.05, 4.69) is 13.0 Å². The highest BCUT2D eigenvalue weighted by Crippen LogP contribution is 2.52. The van der Waals surface area contributed by atoms with Gasteiger partial charge in [0.25, 0.3) is 0 Å². The summed E-state index contributed by atoms with van der Waals surface area (Å²) in [4.78, 5) is 0. The average Bonchev–Trinajstić information content (AvgIpc) is 2.39. The van der Waals surface area contributed by atoms with Crippen LogP contribution >= 0.6 is 0 Å². The molecule has 2 atom stereocenters. The lowest BCUT2D eigenvalue weighted by molar-refractivity contribution is -0.105. The molecule has 96 valence electrons. The summed E-state index contributed by atoms with van der Waals surface area (Å²) in [5.74, 6) is 0.648. The minimum Gasteiger partial charge on any atom is -0.388 e. The lowest BCUT2D eigenvalue weighted by Crippen LogP contribution is -2.51. The smallest absolute Gasteiger partial charge is 0.0862 e. The van der Waals surface area contributed by atoms with Crippen molar-refractivity contribution < 1.29 is 5.11 Å². The third-order valence-corrected chi connectivity index (χ3v) is 5.22. The molecule has 0 spiro atoms. The fourth-order valence-electron chi connectivity index (χ4n) is 3.98. The van der Waals surface area contributed by atoms with Gasteiger partial charge in [-0.05, 0) is 31.6 Å². The second-order valence-electron chi connectivity index (χ2n) is 6.16. The van der Waals surface area contributed by atoms with E-state index in [-0.39, 0.29) is 0 Å². The van der Waals surface area contributed by atoms with E-state index in [1.807, 2.05) is 0 Å². The first-order valence-corrected chi connectivity index (χ1v) is 7.29. The van der Waals surface area contributed by atoms with E-state index in [0.717, 1.165) is 51.4 Å². The van der Waals surface area contributed by atoms with Gasteiger partial charge in [-0.15, -0.1) is 0 Å². The molecule has 0 aromatic rings. The molecule has 0 radical (unpaired) electrons. The Bertz CT molecular complexity index is 301. The van der Waals surface area contributed by atoms with E-state index >= 15 is 0 Å². The summed E-state index contributed by atoms with van der Waals surface area (Å²) in [6.07, 6.45) is 10.5. The Morgan fingerprint density at radius 1 is 1.18 bits per heavy atom. The van der Waals surface area contributed by atoms with Gasteiger partial charge in [-0.1, -0.05) is 45.4 Å². The lowest BCUT2D eigenvalue weighted by Gasteiger charge is -2.49. The van der Waals surface area contributed by atoms with Gasteiger partial charge in [0.15, 0.2) is 0 Å². The van der Waals surface area contributed by atoms with E-state index < -0.39 is 11.0 Å². The molecule has 2 aliphatic rings. The van der Waals surface area contributed by atoms with Gasteiger partial charge in [0.05, 0.1) is 17.1 Å². The van der Waals surface area contributed by atoms with E-state index in [0.29, 0.717) is 5.92 Å². The number of hydrogen-bond acceptors (Lipinski definition) is 2. The van der Waals surface area contributed by atoms with Crippen molar-refractivity contribution in [2.45, 2.75) is 76.7 Å². The molecular weight excluding hydrogens is 210 g/mol. The highest BCUT2D eigenvalue weighted by atomic mass is 16.3. The Morgan fingerprint density at radius 3 is 2.47 bits per heavy atom. The molecule has 0 aliphatic heterocycles. The first-order chi connectivity index (χ1) is 8.16. The zero-order valence-corrected chi connectivity index (χ0v) is 11.0. The van der Waals surface area contributed by atoms with Crippen molar-refractivity contribution in [2.24, 2.45) is 11.3 Å². The first kappa shape index (κ1) is 12.9. The van der Waals surface area contributed by atoms with Gasteiger partial charge >= 0.3 is 0 Å². The standard InChI is InChI=1S/C15H25NO/c1-2-13-7-6-8-14(11-13,12-16)15(17)9-4-3-5-10-15/h13,17H,2-11H2,1H3. The molecule has 0 bridgehead atoms. The van der Waals surface area contributed by atoms with Crippen LogP contribution in [0.15, 0.2) is 0 Å².